The monoisotopic (exact) mass is 432 g/mol. The maximum absolute atomic E-state index is 12.9. The molecule has 0 radical (unpaired) electrons. The molecule has 7 nitrogen and oxygen atoms in total. The van der Waals surface area contributed by atoms with Crippen LogP contribution in [0.1, 0.15) is 48.0 Å². The lowest BCUT2D eigenvalue weighted by atomic mass is 9.60. The van der Waals surface area contributed by atoms with E-state index in [0.717, 1.165) is 0 Å². The number of hydrogen-bond donors (Lipinski definition) is 2. The first-order chi connectivity index (χ1) is 14.3. The highest BCUT2D eigenvalue weighted by Crippen LogP contribution is 2.76. The summed E-state index contributed by atoms with van der Waals surface area (Å²) in [5, 5.41) is 22.4. The molecule has 0 aromatic heterocycles. The molecule has 0 aromatic carbocycles. The van der Waals surface area contributed by atoms with Crippen LogP contribution >= 0.6 is 0 Å². The van der Waals surface area contributed by atoms with E-state index in [0.29, 0.717) is 17.6 Å². The Hall–Kier alpha value is -1.99. The first kappa shape index (κ1) is 22.2. The Morgan fingerprint density at radius 3 is 2.35 bits per heavy atom. The van der Waals surface area contributed by atoms with Gasteiger partial charge in [0.25, 0.3) is 0 Å². The molecule has 0 heterocycles. The van der Waals surface area contributed by atoms with Crippen LogP contribution in [0.3, 0.4) is 0 Å². The van der Waals surface area contributed by atoms with Gasteiger partial charge in [-0.1, -0.05) is 32.9 Å². The second-order valence-corrected chi connectivity index (χ2v) is 10.4. The molecule has 8 unspecified atom stereocenters. The second-order valence-electron chi connectivity index (χ2n) is 10.4. The van der Waals surface area contributed by atoms with Crippen molar-refractivity contribution in [3.8, 4) is 0 Å². The van der Waals surface area contributed by atoms with Crippen LogP contribution in [-0.2, 0) is 23.9 Å². The number of fused-ring (bicyclic) bond motifs is 5. The van der Waals surface area contributed by atoms with Crippen LogP contribution in [0.15, 0.2) is 23.3 Å². The minimum Gasteiger partial charge on any atom is -0.458 e. The molecule has 2 N–H and O–H groups in total. The smallest absolute Gasteiger partial charge is 0.303 e. The topological polar surface area (TPSA) is 110 Å². The van der Waals surface area contributed by atoms with E-state index in [1.54, 1.807) is 13.8 Å². The molecule has 4 rings (SSSR count). The van der Waals surface area contributed by atoms with E-state index < -0.39 is 58.3 Å². The van der Waals surface area contributed by atoms with Crippen molar-refractivity contribution in [3.63, 3.8) is 0 Å². The fourth-order valence-electron chi connectivity index (χ4n) is 7.18. The number of rotatable bonds is 3. The molecule has 0 aliphatic heterocycles. The number of hydrogen-bond acceptors (Lipinski definition) is 7. The summed E-state index contributed by atoms with van der Waals surface area (Å²) in [5.41, 5.74) is -1.77. The van der Waals surface area contributed by atoms with Gasteiger partial charge in [0.05, 0.1) is 12.2 Å². The van der Waals surface area contributed by atoms with E-state index in [1.165, 1.54) is 13.8 Å². The third-order valence-electron chi connectivity index (χ3n) is 8.49. The zero-order chi connectivity index (χ0) is 23.1. The molecular formula is C24H32O7. The highest BCUT2D eigenvalue weighted by molar-refractivity contribution is 6.00. The number of Topliss-reactive ketones (excluding diaryl/α,β-unsaturated/α-hetero) is 1. The quantitative estimate of drug-likeness (QED) is 0.518. The number of carbonyl (C=O) groups excluding carboxylic acids is 3. The van der Waals surface area contributed by atoms with E-state index in [1.807, 2.05) is 26.0 Å². The molecule has 2 saturated carbocycles. The zero-order valence-corrected chi connectivity index (χ0v) is 19.0. The largest absolute Gasteiger partial charge is 0.458 e. The Balaban J connectivity index is 1.94. The van der Waals surface area contributed by atoms with Crippen molar-refractivity contribution in [1.82, 2.24) is 0 Å². The Morgan fingerprint density at radius 2 is 1.81 bits per heavy atom. The molecule has 4 aliphatic carbocycles. The third kappa shape index (κ3) is 2.68. The third-order valence-corrected chi connectivity index (χ3v) is 8.49. The van der Waals surface area contributed by atoms with E-state index in [4.69, 9.17) is 9.47 Å². The zero-order valence-electron chi connectivity index (χ0n) is 19.0. The van der Waals surface area contributed by atoms with Crippen molar-refractivity contribution in [1.29, 1.82) is 0 Å². The molecular weight excluding hydrogens is 400 g/mol. The second kappa shape index (κ2) is 6.75. The van der Waals surface area contributed by atoms with E-state index >= 15 is 0 Å². The van der Waals surface area contributed by atoms with E-state index in [9.17, 15) is 24.6 Å². The summed E-state index contributed by atoms with van der Waals surface area (Å²) < 4.78 is 11.7. The summed E-state index contributed by atoms with van der Waals surface area (Å²) in [6, 6.07) is 0. The van der Waals surface area contributed by atoms with Crippen molar-refractivity contribution in [2.24, 2.45) is 35.0 Å². The van der Waals surface area contributed by atoms with Gasteiger partial charge in [-0.15, -0.1) is 0 Å². The summed E-state index contributed by atoms with van der Waals surface area (Å²) in [4.78, 5) is 37.1. The summed E-state index contributed by atoms with van der Waals surface area (Å²) >= 11 is 0. The van der Waals surface area contributed by atoms with Crippen molar-refractivity contribution >= 4 is 17.7 Å². The Labute approximate surface area is 182 Å². The molecule has 0 aromatic rings. The predicted octanol–water partition coefficient (Wildman–Crippen LogP) is 1.96. The van der Waals surface area contributed by atoms with Gasteiger partial charge in [-0.3, -0.25) is 14.4 Å². The van der Waals surface area contributed by atoms with Crippen LogP contribution in [0.2, 0.25) is 0 Å². The lowest BCUT2D eigenvalue weighted by Crippen LogP contribution is -2.63. The van der Waals surface area contributed by atoms with Gasteiger partial charge in [0.2, 0.25) is 0 Å². The van der Waals surface area contributed by atoms with Gasteiger partial charge in [-0.2, -0.15) is 0 Å². The van der Waals surface area contributed by atoms with Gasteiger partial charge in [-0.25, -0.2) is 0 Å². The molecule has 31 heavy (non-hydrogen) atoms. The SMILES string of the molecule is CC(=O)OC1C(C)C2(O)C3C=C(C)C(=O)C3CC(CO)=CC2C2C(C)(C)C12OC(C)=O. The van der Waals surface area contributed by atoms with Gasteiger partial charge < -0.3 is 19.7 Å². The van der Waals surface area contributed by atoms with Crippen LogP contribution in [0.5, 0.6) is 0 Å². The Bertz CT molecular complexity index is 915. The van der Waals surface area contributed by atoms with Crippen LogP contribution in [0.25, 0.3) is 0 Å². The van der Waals surface area contributed by atoms with Gasteiger partial charge in [0.1, 0.15) is 6.10 Å². The molecule has 0 spiro atoms. The van der Waals surface area contributed by atoms with Gasteiger partial charge in [0, 0.05) is 48.9 Å². The number of ether oxygens (including phenoxy) is 2. The number of aliphatic hydroxyl groups is 2. The maximum atomic E-state index is 12.9. The first-order valence-corrected chi connectivity index (χ1v) is 11.0. The molecule has 170 valence electrons. The average molecular weight is 433 g/mol. The highest BCUT2D eigenvalue weighted by Gasteiger charge is 2.87. The molecule has 0 amide bonds. The number of esters is 2. The summed E-state index contributed by atoms with van der Waals surface area (Å²) in [6.07, 6.45) is 3.23. The molecule has 0 saturated heterocycles. The molecule has 4 aliphatic rings. The van der Waals surface area contributed by atoms with Crippen LogP contribution in [0.4, 0.5) is 0 Å². The summed E-state index contributed by atoms with van der Waals surface area (Å²) in [5.74, 6) is -3.40. The minimum atomic E-state index is -1.41. The lowest BCUT2D eigenvalue weighted by Gasteiger charge is -2.52. The number of aliphatic hydroxyl groups excluding tert-OH is 1. The highest BCUT2D eigenvalue weighted by atomic mass is 16.6. The number of ketones is 1. The summed E-state index contributed by atoms with van der Waals surface area (Å²) in [6.45, 7) is 9.87. The van der Waals surface area contributed by atoms with Crippen LogP contribution in [0, 0.1) is 35.0 Å². The van der Waals surface area contributed by atoms with Gasteiger partial charge in [0.15, 0.2) is 11.4 Å². The van der Waals surface area contributed by atoms with Crippen molar-refractivity contribution in [2.75, 3.05) is 6.61 Å². The fraction of sp³-hybridized carbons (Fsp3) is 0.708. The minimum absolute atomic E-state index is 0.0264. The predicted molar refractivity (Wildman–Crippen MR) is 110 cm³/mol. The maximum Gasteiger partial charge on any atom is 0.303 e. The molecule has 7 heteroatoms. The standard InChI is InChI=1S/C24H32O7/c1-11-7-17-16(19(11)28)8-15(10-25)9-18-20-22(5,6)24(20,31-14(4)27)21(30-13(3)26)12(2)23(17,18)29/h7,9,12,16-18,20-21,25,29H,8,10H2,1-6H3. The molecule has 2 fully saturated rings. The normalized spacial score (nSPS) is 44.7. The Morgan fingerprint density at radius 1 is 1.16 bits per heavy atom. The van der Waals surface area contributed by atoms with Crippen molar-refractivity contribution in [2.45, 2.75) is 65.3 Å². The van der Waals surface area contributed by atoms with Crippen LogP contribution < -0.4 is 0 Å². The van der Waals surface area contributed by atoms with Crippen molar-refractivity contribution < 1.29 is 34.1 Å². The first-order valence-electron chi connectivity index (χ1n) is 11.0. The fourth-order valence-corrected chi connectivity index (χ4v) is 7.18. The number of carbonyl (C=O) groups is 3. The molecule has 8 atom stereocenters. The van der Waals surface area contributed by atoms with Gasteiger partial charge in [-0.05, 0) is 24.5 Å². The van der Waals surface area contributed by atoms with E-state index in [2.05, 4.69) is 0 Å². The number of allylic oxidation sites excluding steroid dienone is 1. The Kier molecular flexibility index (Phi) is 4.84. The lowest BCUT2D eigenvalue weighted by molar-refractivity contribution is -0.218. The van der Waals surface area contributed by atoms with E-state index in [-0.39, 0.29) is 18.3 Å². The average Bonchev–Trinajstić information content (AvgIpc) is 3.06. The van der Waals surface area contributed by atoms with Crippen LogP contribution in [-0.4, -0.2) is 51.8 Å². The van der Waals surface area contributed by atoms with Crippen molar-refractivity contribution in [3.05, 3.63) is 23.3 Å². The summed E-state index contributed by atoms with van der Waals surface area (Å²) in [7, 11) is 0. The van der Waals surface area contributed by atoms with Gasteiger partial charge >= 0.3 is 11.9 Å². The molecule has 0 bridgehead atoms.